The van der Waals surface area contributed by atoms with Crippen LogP contribution in [-0.2, 0) is 21.4 Å². The Morgan fingerprint density at radius 1 is 0.967 bits per heavy atom. The zero-order valence-electron chi connectivity index (χ0n) is 15.6. The van der Waals surface area contributed by atoms with Crippen LogP contribution >= 0.6 is 23.2 Å². The van der Waals surface area contributed by atoms with Gasteiger partial charge in [-0.05, 0) is 48.0 Å². The molecule has 0 aromatic heterocycles. The number of benzene rings is 3. The fourth-order valence-electron chi connectivity index (χ4n) is 2.69. The van der Waals surface area contributed by atoms with E-state index >= 15 is 0 Å². The lowest BCUT2D eigenvalue weighted by Gasteiger charge is -2.25. The highest BCUT2D eigenvalue weighted by atomic mass is 35.5. The smallest absolute Gasteiger partial charge is 0.264 e. The molecule has 0 aliphatic heterocycles. The number of sulfonamides is 1. The topological polar surface area (TPSA) is 66.5 Å². The molecule has 156 valence electrons. The van der Waals surface area contributed by atoms with Crippen molar-refractivity contribution in [2.75, 3.05) is 10.8 Å². The van der Waals surface area contributed by atoms with Crippen molar-refractivity contribution in [1.82, 2.24) is 5.32 Å². The number of nitrogens with one attached hydrogen (secondary N) is 1. The van der Waals surface area contributed by atoms with E-state index in [1.165, 1.54) is 54.6 Å². The van der Waals surface area contributed by atoms with Gasteiger partial charge in [-0.25, -0.2) is 12.8 Å². The standard InChI is InChI=1S/C21H17Cl2FN2O3S/c22-16-8-11-20(19(23)12-16)26(30(28,29)18-4-2-1-3-5-18)14-21(27)25-13-15-6-9-17(24)10-7-15/h1-12H,13-14H2,(H,25,27). The van der Waals surface area contributed by atoms with Crippen molar-refractivity contribution < 1.29 is 17.6 Å². The van der Waals surface area contributed by atoms with Crippen LogP contribution in [0, 0.1) is 5.82 Å². The molecule has 3 aromatic carbocycles. The summed E-state index contributed by atoms with van der Waals surface area (Å²) in [6.45, 7) is -0.382. The SMILES string of the molecule is O=C(CN(c1ccc(Cl)cc1Cl)S(=O)(=O)c1ccccc1)NCc1ccc(F)cc1. The van der Waals surface area contributed by atoms with E-state index in [4.69, 9.17) is 23.2 Å². The minimum absolute atomic E-state index is 0.0161. The van der Waals surface area contributed by atoms with Crippen LogP contribution in [0.4, 0.5) is 10.1 Å². The van der Waals surface area contributed by atoms with Gasteiger partial charge in [-0.15, -0.1) is 0 Å². The van der Waals surface area contributed by atoms with Gasteiger partial charge in [-0.2, -0.15) is 0 Å². The second-order valence-electron chi connectivity index (χ2n) is 6.32. The molecule has 0 aliphatic carbocycles. The van der Waals surface area contributed by atoms with Crippen LogP contribution in [-0.4, -0.2) is 20.9 Å². The molecule has 0 fully saturated rings. The molecule has 0 saturated heterocycles. The fraction of sp³-hybridized carbons (Fsp3) is 0.0952. The lowest BCUT2D eigenvalue weighted by atomic mass is 10.2. The predicted octanol–water partition coefficient (Wildman–Crippen LogP) is 4.64. The van der Waals surface area contributed by atoms with Crippen LogP contribution in [0.2, 0.25) is 10.0 Å². The van der Waals surface area contributed by atoms with Crippen molar-refractivity contribution >= 4 is 44.8 Å². The molecule has 9 heteroatoms. The lowest BCUT2D eigenvalue weighted by molar-refractivity contribution is -0.119. The van der Waals surface area contributed by atoms with Gasteiger partial charge in [-0.3, -0.25) is 9.10 Å². The van der Waals surface area contributed by atoms with Gasteiger partial charge in [0.25, 0.3) is 10.0 Å². The highest BCUT2D eigenvalue weighted by Crippen LogP contribution is 2.32. The van der Waals surface area contributed by atoms with Crippen LogP contribution < -0.4 is 9.62 Å². The summed E-state index contributed by atoms with van der Waals surface area (Å²) < 4.78 is 40.4. The summed E-state index contributed by atoms with van der Waals surface area (Å²) in [7, 11) is -4.08. The van der Waals surface area contributed by atoms with Crippen LogP contribution in [0.3, 0.4) is 0 Å². The van der Waals surface area contributed by atoms with Crippen molar-refractivity contribution in [2.24, 2.45) is 0 Å². The Labute approximate surface area is 184 Å². The average molecular weight is 467 g/mol. The van der Waals surface area contributed by atoms with Gasteiger partial charge >= 0.3 is 0 Å². The summed E-state index contributed by atoms with van der Waals surface area (Å²) in [5, 5.41) is 3.06. The largest absolute Gasteiger partial charge is 0.350 e. The molecule has 5 nitrogen and oxygen atoms in total. The maximum absolute atomic E-state index is 13.2. The van der Waals surface area contributed by atoms with Crippen LogP contribution in [0.5, 0.6) is 0 Å². The zero-order valence-corrected chi connectivity index (χ0v) is 17.9. The van der Waals surface area contributed by atoms with Gasteiger partial charge < -0.3 is 5.32 Å². The Hall–Kier alpha value is -2.61. The summed E-state index contributed by atoms with van der Waals surface area (Å²) in [6, 6.07) is 17.7. The second-order valence-corrected chi connectivity index (χ2v) is 9.03. The molecule has 30 heavy (non-hydrogen) atoms. The van der Waals surface area contributed by atoms with Crippen LogP contribution in [0.1, 0.15) is 5.56 Å². The highest BCUT2D eigenvalue weighted by Gasteiger charge is 2.28. The average Bonchev–Trinajstić information content (AvgIpc) is 2.73. The van der Waals surface area contributed by atoms with Gasteiger partial charge in [0.1, 0.15) is 12.4 Å². The summed E-state index contributed by atoms with van der Waals surface area (Å²) in [6.07, 6.45) is 0. The van der Waals surface area contributed by atoms with E-state index in [2.05, 4.69) is 5.32 Å². The number of rotatable bonds is 7. The number of hydrogen-bond acceptors (Lipinski definition) is 3. The number of halogens is 3. The number of nitrogens with zero attached hydrogens (tertiary/aromatic N) is 1. The van der Waals surface area contributed by atoms with E-state index in [-0.39, 0.29) is 28.0 Å². The minimum Gasteiger partial charge on any atom is -0.350 e. The van der Waals surface area contributed by atoms with Crippen molar-refractivity contribution in [3.05, 3.63) is 94.2 Å². The molecule has 3 aromatic rings. The van der Waals surface area contributed by atoms with Crippen molar-refractivity contribution in [2.45, 2.75) is 11.4 Å². The highest BCUT2D eigenvalue weighted by molar-refractivity contribution is 7.92. The second kappa shape index (κ2) is 9.47. The van der Waals surface area contributed by atoms with Crippen molar-refractivity contribution in [3.8, 4) is 0 Å². The third-order valence-electron chi connectivity index (χ3n) is 4.20. The Kier molecular flexibility index (Phi) is 6.97. The number of carbonyl (C=O) groups is 1. The van der Waals surface area contributed by atoms with E-state index in [1.54, 1.807) is 18.2 Å². The molecule has 1 N–H and O–H groups in total. The lowest BCUT2D eigenvalue weighted by Crippen LogP contribution is -2.40. The van der Waals surface area contributed by atoms with Crippen LogP contribution in [0.15, 0.2) is 77.7 Å². The van der Waals surface area contributed by atoms with Crippen molar-refractivity contribution in [1.29, 1.82) is 0 Å². The van der Waals surface area contributed by atoms with Gasteiger partial charge in [0.05, 0.1) is 15.6 Å². The minimum atomic E-state index is -4.08. The first kappa shape index (κ1) is 22.1. The Morgan fingerprint density at radius 2 is 1.63 bits per heavy atom. The molecular formula is C21H17Cl2FN2O3S. The van der Waals surface area contributed by atoms with E-state index < -0.39 is 22.5 Å². The molecule has 0 unspecified atom stereocenters. The van der Waals surface area contributed by atoms with E-state index in [0.717, 1.165) is 4.31 Å². The first-order chi connectivity index (χ1) is 14.3. The summed E-state index contributed by atoms with van der Waals surface area (Å²) in [5.74, 6) is -0.938. The molecule has 0 saturated carbocycles. The van der Waals surface area contributed by atoms with Gasteiger partial charge in [0.2, 0.25) is 5.91 Å². The Morgan fingerprint density at radius 3 is 2.27 bits per heavy atom. The maximum Gasteiger partial charge on any atom is 0.264 e. The third kappa shape index (κ3) is 5.30. The maximum atomic E-state index is 13.2. The zero-order chi connectivity index (χ0) is 21.7. The van der Waals surface area contributed by atoms with Gasteiger partial charge in [-0.1, -0.05) is 53.5 Å². The van der Waals surface area contributed by atoms with E-state index in [9.17, 15) is 17.6 Å². The number of hydrogen-bond donors (Lipinski definition) is 1. The number of amides is 1. The molecule has 0 bridgehead atoms. The van der Waals surface area contributed by atoms with Crippen LogP contribution in [0.25, 0.3) is 0 Å². The van der Waals surface area contributed by atoms with Gasteiger partial charge in [0.15, 0.2) is 0 Å². The quantitative estimate of drug-likeness (QED) is 0.551. The molecular weight excluding hydrogens is 450 g/mol. The molecule has 3 rings (SSSR count). The molecule has 0 radical (unpaired) electrons. The number of anilines is 1. The Balaban J connectivity index is 1.87. The van der Waals surface area contributed by atoms with E-state index in [1.807, 2.05) is 0 Å². The fourth-order valence-corrected chi connectivity index (χ4v) is 4.71. The third-order valence-corrected chi connectivity index (χ3v) is 6.51. The van der Waals surface area contributed by atoms with Crippen molar-refractivity contribution in [3.63, 3.8) is 0 Å². The summed E-state index contributed by atoms with van der Waals surface area (Å²) >= 11 is 12.2. The number of carbonyl (C=O) groups excluding carboxylic acids is 1. The molecule has 0 atom stereocenters. The predicted molar refractivity (Wildman–Crippen MR) is 116 cm³/mol. The normalized spacial score (nSPS) is 11.2. The first-order valence-electron chi connectivity index (χ1n) is 8.81. The summed E-state index contributed by atoms with van der Waals surface area (Å²) in [5.41, 5.74) is 0.800. The molecule has 0 heterocycles. The monoisotopic (exact) mass is 466 g/mol. The Bertz CT molecular complexity index is 1140. The summed E-state index contributed by atoms with van der Waals surface area (Å²) in [4.78, 5) is 12.6. The van der Waals surface area contributed by atoms with E-state index in [0.29, 0.717) is 10.6 Å². The first-order valence-corrected chi connectivity index (χ1v) is 11.0. The molecule has 1 amide bonds. The molecule has 0 spiro atoms. The van der Waals surface area contributed by atoms with Gasteiger partial charge in [0, 0.05) is 11.6 Å². The molecule has 0 aliphatic rings.